The summed E-state index contributed by atoms with van der Waals surface area (Å²) in [6.45, 7) is 4.26. The van der Waals surface area contributed by atoms with Crippen LogP contribution in [-0.2, 0) is 11.3 Å². The first-order chi connectivity index (χ1) is 9.06. The van der Waals surface area contributed by atoms with E-state index in [-0.39, 0.29) is 19.0 Å². The second kappa shape index (κ2) is 5.69. The SMILES string of the molecule is CCC(O)(CC)CNC(=O)Cn1cc(C2CC2)nn1. The van der Waals surface area contributed by atoms with Crippen LogP contribution in [0.2, 0.25) is 0 Å². The smallest absolute Gasteiger partial charge is 0.241 e. The molecule has 0 saturated heterocycles. The summed E-state index contributed by atoms with van der Waals surface area (Å²) in [7, 11) is 0. The standard InChI is InChI=1S/C13H22N4O2/c1-3-13(19,4-2)9-14-12(18)8-17-7-11(15-16-17)10-5-6-10/h7,10,19H,3-6,8-9H2,1-2H3,(H,14,18). The Morgan fingerprint density at radius 2 is 2.21 bits per heavy atom. The number of hydrogen-bond acceptors (Lipinski definition) is 4. The molecule has 1 aliphatic rings. The Hall–Kier alpha value is -1.43. The number of aromatic nitrogens is 3. The fourth-order valence-electron chi connectivity index (χ4n) is 1.92. The highest BCUT2D eigenvalue weighted by Crippen LogP contribution is 2.38. The van der Waals surface area contributed by atoms with Gasteiger partial charge in [-0.15, -0.1) is 5.10 Å². The third-order valence-corrected chi connectivity index (χ3v) is 3.79. The Labute approximate surface area is 113 Å². The molecule has 1 heterocycles. The molecule has 1 fully saturated rings. The van der Waals surface area contributed by atoms with E-state index in [1.807, 2.05) is 20.0 Å². The van der Waals surface area contributed by atoms with Crippen molar-refractivity contribution >= 4 is 5.91 Å². The predicted molar refractivity (Wildman–Crippen MR) is 70.5 cm³/mol. The molecular formula is C13H22N4O2. The number of amides is 1. The van der Waals surface area contributed by atoms with Gasteiger partial charge in [-0.3, -0.25) is 4.79 Å². The van der Waals surface area contributed by atoms with Crippen LogP contribution in [0.15, 0.2) is 6.20 Å². The molecule has 6 heteroatoms. The molecule has 6 nitrogen and oxygen atoms in total. The lowest BCUT2D eigenvalue weighted by Gasteiger charge is -2.25. The lowest BCUT2D eigenvalue weighted by Crippen LogP contribution is -2.43. The van der Waals surface area contributed by atoms with E-state index in [4.69, 9.17) is 0 Å². The van der Waals surface area contributed by atoms with E-state index in [1.54, 1.807) is 4.68 Å². The molecule has 0 unspecified atom stereocenters. The second-order valence-corrected chi connectivity index (χ2v) is 5.32. The molecule has 0 spiro atoms. The molecule has 1 saturated carbocycles. The van der Waals surface area contributed by atoms with E-state index in [2.05, 4.69) is 15.6 Å². The quantitative estimate of drug-likeness (QED) is 0.766. The molecular weight excluding hydrogens is 244 g/mol. The molecule has 0 aliphatic heterocycles. The van der Waals surface area contributed by atoms with Gasteiger partial charge in [-0.1, -0.05) is 19.1 Å². The number of nitrogens with zero attached hydrogens (tertiary/aromatic N) is 3. The summed E-state index contributed by atoms with van der Waals surface area (Å²) in [6.07, 6.45) is 5.43. The summed E-state index contributed by atoms with van der Waals surface area (Å²) in [5, 5.41) is 20.8. The van der Waals surface area contributed by atoms with Gasteiger partial charge in [0.15, 0.2) is 0 Å². The lowest BCUT2D eigenvalue weighted by molar-refractivity contribution is -0.123. The average Bonchev–Trinajstić information content (AvgIpc) is 3.17. The van der Waals surface area contributed by atoms with Crippen molar-refractivity contribution in [3.05, 3.63) is 11.9 Å². The van der Waals surface area contributed by atoms with Crippen molar-refractivity contribution < 1.29 is 9.90 Å². The van der Waals surface area contributed by atoms with E-state index in [9.17, 15) is 9.90 Å². The Bertz CT molecular complexity index is 436. The third-order valence-electron chi connectivity index (χ3n) is 3.79. The maximum absolute atomic E-state index is 11.8. The predicted octanol–water partition coefficient (Wildman–Crippen LogP) is 0.823. The first-order valence-corrected chi connectivity index (χ1v) is 6.95. The topological polar surface area (TPSA) is 80.0 Å². The maximum atomic E-state index is 11.8. The van der Waals surface area contributed by atoms with Gasteiger partial charge in [0.1, 0.15) is 6.54 Å². The van der Waals surface area contributed by atoms with E-state index in [0.717, 1.165) is 5.69 Å². The highest BCUT2D eigenvalue weighted by atomic mass is 16.3. The average molecular weight is 266 g/mol. The highest BCUT2D eigenvalue weighted by Gasteiger charge is 2.27. The maximum Gasteiger partial charge on any atom is 0.241 e. The van der Waals surface area contributed by atoms with Crippen molar-refractivity contribution in [1.29, 1.82) is 0 Å². The van der Waals surface area contributed by atoms with Crippen LogP contribution in [0.5, 0.6) is 0 Å². The number of carbonyl (C=O) groups excluding carboxylic acids is 1. The zero-order valence-electron chi connectivity index (χ0n) is 11.6. The van der Waals surface area contributed by atoms with Crippen LogP contribution in [-0.4, -0.2) is 38.2 Å². The molecule has 1 aromatic heterocycles. The Balaban J connectivity index is 1.80. The first-order valence-electron chi connectivity index (χ1n) is 6.95. The Morgan fingerprint density at radius 3 is 2.79 bits per heavy atom. The zero-order valence-corrected chi connectivity index (χ0v) is 11.6. The molecule has 2 rings (SSSR count). The largest absolute Gasteiger partial charge is 0.388 e. The van der Waals surface area contributed by atoms with Crippen LogP contribution < -0.4 is 5.32 Å². The normalized spacial score (nSPS) is 15.5. The Morgan fingerprint density at radius 1 is 1.53 bits per heavy atom. The molecule has 1 amide bonds. The number of rotatable bonds is 7. The summed E-state index contributed by atoms with van der Waals surface area (Å²) in [5.41, 5.74) is 0.170. The molecule has 0 radical (unpaired) electrons. The minimum absolute atomic E-state index is 0.146. The molecule has 0 atom stereocenters. The molecule has 0 aromatic carbocycles. The molecule has 1 aliphatic carbocycles. The minimum Gasteiger partial charge on any atom is -0.388 e. The van der Waals surface area contributed by atoms with Crippen LogP contribution in [0.4, 0.5) is 0 Å². The number of nitrogens with one attached hydrogen (secondary N) is 1. The van der Waals surface area contributed by atoms with E-state index in [1.165, 1.54) is 12.8 Å². The molecule has 2 N–H and O–H groups in total. The monoisotopic (exact) mass is 266 g/mol. The summed E-state index contributed by atoms with van der Waals surface area (Å²) in [5.74, 6) is 0.398. The lowest BCUT2D eigenvalue weighted by atomic mass is 9.98. The first kappa shape index (κ1) is 14.0. The fraction of sp³-hybridized carbons (Fsp3) is 0.769. The molecule has 19 heavy (non-hydrogen) atoms. The summed E-state index contributed by atoms with van der Waals surface area (Å²) in [4.78, 5) is 11.8. The third kappa shape index (κ3) is 3.76. The van der Waals surface area contributed by atoms with Crippen LogP contribution in [0.25, 0.3) is 0 Å². The van der Waals surface area contributed by atoms with E-state index < -0.39 is 5.60 Å². The van der Waals surface area contributed by atoms with Gasteiger partial charge in [-0.25, -0.2) is 4.68 Å². The summed E-state index contributed by atoms with van der Waals surface area (Å²) in [6, 6.07) is 0. The van der Waals surface area contributed by atoms with Crippen molar-refractivity contribution in [2.75, 3.05) is 6.54 Å². The van der Waals surface area contributed by atoms with Crippen LogP contribution >= 0.6 is 0 Å². The fourth-order valence-corrected chi connectivity index (χ4v) is 1.92. The van der Waals surface area contributed by atoms with Crippen molar-refractivity contribution in [3.8, 4) is 0 Å². The number of aliphatic hydroxyl groups is 1. The van der Waals surface area contributed by atoms with Gasteiger partial charge < -0.3 is 10.4 Å². The van der Waals surface area contributed by atoms with Crippen molar-refractivity contribution in [2.45, 2.75) is 57.6 Å². The van der Waals surface area contributed by atoms with Crippen LogP contribution in [0.1, 0.15) is 51.1 Å². The van der Waals surface area contributed by atoms with Gasteiger partial charge in [-0.05, 0) is 25.7 Å². The number of carbonyl (C=O) groups is 1. The van der Waals surface area contributed by atoms with Gasteiger partial charge in [-0.2, -0.15) is 0 Å². The van der Waals surface area contributed by atoms with Gasteiger partial charge in [0.2, 0.25) is 5.91 Å². The van der Waals surface area contributed by atoms with Crippen LogP contribution in [0.3, 0.4) is 0 Å². The van der Waals surface area contributed by atoms with Crippen LogP contribution in [0, 0.1) is 0 Å². The molecule has 106 valence electrons. The summed E-state index contributed by atoms with van der Waals surface area (Å²) < 4.78 is 1.56. The summed E-state index contributed by atoms with van der Waals surface area (Å²) >= 11 is 0. The van der Waals surface area contributed by atoms with E-state index >= 15 is 0 Å². The second-order valence-electron chi connectivity index (χ2n) is 5.32. The zero-order chi connectivity index (χ0) is 13.9. The van der Waals surface area contributed by atoms with Crippen molar-refractivity contribution in [3.63, 3.8) is 0 Å². The number of hydrogen-bond donors (Lipinski definition) is 2. The molecule has 0 bridgehead atoms. The highest BCUT2D eigenvalue weighted by molar-refractivity contribution is 5.75. The Kier molecular flexibility index (Phi) is 4.19. The van der Waals surface area contributed by atoms with Crippen molar-refractivity contribution in [2.24, 2.45) is 0 Å². The van der Waals surface area contributed by atoms with Gasteiger partial charge in [0.05, 0.1) is 11.3 Å². The van der Waals surface area contributed by atoms with Crippen molar-refractivity contribution in [1.82, 2.24) is 20.3 Å². The molecule has 1 aromatic rings. The van der Waals surface area contributed by atoms with Gasteiger partial charge in [0, 0.05) is 18.7 Å². The minimum atomic E-state index is -0.808. The van der Waals surface area contributed by atoms with Gasteiger partial charge in [0.25, 0.3) is 0 Å². The van der Waals surface area contributed by atoms with Gasteiger partial charge >= 0.3 is 0 Å². The van der Waals surface area contributed by atoms with E-state index in [0.29, 0.717) is 18.8 Å².